The Labute approximate surface area is 132 Å². The van der Waals surface area contributed by atoms with Crippen LogP contribution in [0.4, 0.5) is 5.69 Å². The van der Waals surface area contributed by atoms with Crippen molar-refractivity contribution in [1.29, 1.82) is 0 Å². The molecule has 0 radical (unpaired) electrons. The maximum atomic E-state index is 12.3. The Morgan fingerprint density at radius 3 is 2.73 bits per heavy atom. The molecule has 1 aromatic heterocycles. The zero-order valence-electron chi connectivity index (χ0n) is 12.3. The summed E-state index contributed by atoms with van der Waals surface area (Å²) < 4.78 is 11.0. The van der Waals surface area contributed by atoms with Crippen molar-refractivity contribution in [2.24, 2.45) is 0 Å². The Hall–Kier alpha value is -2.28. The predicted octanol–water partition coefficient (Wildman–Crippen LogP) is 2.53. The Morgan fingerprint density at radius 2 is 1.95 bits per heavy atom. The molecule has 1 N–H and O–H groups in total. The number of thioether (sulfide) groups is 1. The van der Waals surface area contributed by atoms with Gasteiger partial charge in [0.05, 0.1) is 0 Å². The third-order valence-electron chi connectivity index (χ3n) is 3.05. The van der Waals surface area contributed by atoms with Gasteiger partial charge in [-0.1, -0.05) is 11.8 Å². The number of nitrogens with zero attached hydrogens (tertiary/aromatic N) is 2. The van der Waals surface area contributed by atoms with E-state index < -0.39 is 0 Å². The molecule has 1 aromatic carbocycles. The number of aryl methyl sites for hydroxylation is 1. The van der Waals surface area contributed by atoms with Crippen LogP contribution in [0.2, 0.25) is 0 Å². The first-order valence-electron chi connectivity index (χ1n) is 6.76. The lowest BCUT2D eigenvalue weighted by molar-refractivity contribution is 0.102. The molecular formula is C15H15N3O3S. The molecule has 0 atom stereocenters. The zero-order valence-corrected chi connectivity index (χ0v) is 13.1. The van der Waals surface area contributed by atoms with Crippen LogP contribution in [0.1, 0.15) is 16.2 Å². The first-order chi connectivity index (χ1) is 10.7. The highest BCUT2D eigenvalue weighted by atomic mass is 32.2. The van der Waals surface area contributed by atoms with E-state index in [2.05, 4.69) is 15.3 Å². The minimum atomic E-state index is -0.280. The fourth-order valence-electron chi connectivity index (χ4n) is 2.07. The molecule has 0 fully saturated rings. The van der Waals surface area contributed by atoms with Gasteiger partial charge < -0.3 is 14.8 Å². The van der Waals surface area contributed by atoms with E-state index in [4.69, 9.17) is 9.47 Å². The van der Waals surface area contributed by atoms with Gasteiger partial charge in [0, 0.05) is 17.4 Å². The number of carbonyl (C=O) groups is 1. The van der Waals surface area contributed by atoms with E-state index in [1.54, 1.807) is 24.3 Å². The first kappa shape index (κ1) is 14.6. The smallest absolute Gasteiger partial charge is 0.274 e. The van der Waals surface area contributed by atoms with E-state index in [9.17, 15) is 4.79 Å². The van der Waals surface area contributed by atoms with E-state index in [0.29, 0.717) is 41.3 Å². The van der Waals surface area contributed by atoms with E-state index in [-0.39, 0.29) is 5.91 Å². The first-order valence-corrected chi connectivity index (χ1v) is 7.99. The highest BCUT2D eigenvalue weighted by Crippen LogP contribution is 2.32. The quantitative estimate of drug-likeness (QED) is 0.693. The van der Waals surface area contributed by atoms with Crippen molar-refractivity contribution in [3.63, 3.8) is 0 Å². The summed E-state index contributed by atoms with van der Waals surface area (Å²) in [5.74, 6) is 1.04. The van der Waals surface area contributed by atoms with E-state index >= 15 is 0 Å². The molecule has 1 aliphatic heterocycles. The number of rotatable bonds is 3. The van der Waals surface area contributed by atoms with Crippen LogP contribution in [-0.4, -0.2) is 35.3 Å². The second-order valence-electron chi connectivity index (χ2n) is 4.69. The Bertz CT molecular complexity index is 721. The second-order valence-corrected chi connectivity index (χ2v) is 5.47. The number of ether oxygens (including phenoxy) is 2. The number of carbonyl (C=O) groups excluding carboxylic acids is 1. The third-order valence-corrected chi connectivity index (χ3v) is 3.60. The van der Waals surface area contributed by atoms with Crippen LogP contribution in [0.15, 0.2) is 29.4 Å². The molecule has 7 heteroatoms. The van der Waals surface area contributed by atoms with Crippen molar-refractivity contribution in [3.8, 4) is 11.5 Å². The molecule has 1 amide bonds. The third kappa shape index (κ3) is 3.14. The van der Waals surface area contributed by atoms with Gasteiger partial charge in [0.15, 0.2) is 16.7 Å². The van der Waals surface area contributed by atoms with Crippen LogP contribution >= 0.6 is 11.8 Å². The lowest BCUT2D eigenvalue weighted by atomic mass is 10.2. The van der Waals surface area contributed by atoms with Crippen molar-refractivity contribution in [3.05, 3.63) is 35.7 Å². The van der Waals surface area contributed by atoms with Gasteiger partial charge in [0.2, 0.25) is 0 Å². The number of anilines is 1. The van der Waals surface area contributed by atoms with Crippen LogP contribution in [0.3, 0.4) is 0 Å². The predicted molar refractivity (Wildman–Crippen MR) is 83.9 cm³/mol. The summed E-state index contributed by atoms with van der Waals surface area (Å²) in [7, 11) is 0. The molecule has 0 saturated carbocycles. The number of fused-ring (bicyclic) bond motifs is 1. The fourth-order valence-corrected chi connectivity index (χ4v) is 2.49. The van der Waals surface area contributed by atoms with Gasteiger partial charge in [-0.05, 0) is 31.4 Å². The van der Waals surface area contributed by atoms with Crippen molar-refractivity contribution in [1.82, 2.24) is 9.97 Å². The zero-order chi connectivity index (χ0) is 15.5. The SMILES string of the molecule is CSc1nc(C)cc(C(=O)Nc2ccc3c(c2)OCCO3)n1. The number of hydrogen-bond donors (Lipinski definition) is 1. The van der Waals surface area contributed by atoms with Gasteiger partial charge in [0.25, 0.3) is 5.91 Å². The number of amides is 1. The van der Waals surface area contributed by atoms with Crippen LogP contribution in [0.5, 0.6) is 11.5 Å². The molecular weight excluding hydrogens is 302 g/mol. The molecule has 2 aromatic rings. The maximum absolute atomic E-state index is 12.3. The van der Waals surface area contributed by atoms with E-state index in [1.807, 2.05) is 13.2 Å². The molecule has 0 unspecified atom stereocenters. The summed E-state index contributed by atoms with van der Waals surface area (Å²) in [6, 6.07) is 6.96. The Morgan fingerprint density at radius 1 is 1.18 bits per heavy atom. The van der Waals surface area contributed by atoms with Crippen molar-refractivity contribution in [2.45, 2.75) is 12.1 Å². The number of aromatic nitrogens is 2. The molecule has 22 heavy (non-hydrogen) atoms. The Kier molecular flexibility index (Phi) is 4.15. The summed E-state index contributed by atoms with van der Waals surface area (Å²) in [5, 5.41) is 3.39. The van der Waals surface area contributed by atoms with E-state index in [1.165, 1.54) is 11.8 Å². The van der Waals surface area contributed by atoms with Crippen molar-refractivity contribution < 1.29 is 14.3 Å². The van der Waals surface area contributed by atoms with Crippen LogP contribution in [-0.2, 0) is 0 Å². The molecule has 2 heterocycles. The van der Waals surface area contributed by atoms with Gasteiger partial charge in [-0.3, -0.25) is 4.79 Å². The maximum Gasteiger partial charge on any atom is 0.274 e. The van der Waals surface area contributed by atoms with Gasteiger partial charge >= 0.3 is 0 Å². The standard InChI is InChI=1S/C15H15N3O3S/c1-9-7-11(18-15(16-9)22-2)14(19)17-10-3-4-12-13(8-10)21-6-5-20-12/h3-4,7-8H,5-6H2,1-2H3,(H,17,19). The topological polar surface area (TPSA) is 73.3 Å². The van der Waals surface area contributed by atoms with Crippen LogP contribution < -0.4 is 14.8 Å². The number of benzene rings is 1. The molecule has 3 rings (SSSR count). The Balaban J connectivity index is 1.81. The summed E-state index contributed by atoms with van der Waals surface area (Å²) in [6.07, 6.45) is 1.87. The van der Waals surface area contributed by atoms with Crippen LogP contribution in [0.25, 0.3) is 0 Å². The molecule has 6 nitrogen and oxygen atoms in total. The lowest BCUT2D eigenvalue weighted by Crippen LogP contribution is -2.17. The monoisotopic (exact) mass is 317 g/mol. The largest absolute Gasteiger partial charge is 0.486 e. The lowest BCUT2D eigenvalue weighted by Gasteiger charge is -2.19. The summed E-state index contributed by atoms with van der Waals surface area (Å²) in [5.41, 5.74) is 1.73. The van der Waals surface area contributed by atoms with Gasteiger partial charge in [-0.2, -0.15) is 0 Å². The number of nitrogens with one attached hydrogen (secondary N) is 1. The van der Waals surface area contributed by atoms with Gasteiger partial charge in [0.1, 0.15) is 18.9 Å². The number of hydrogen-bond acceptors (Lipinski definition) is 6. The minimum absolute atomic E-state index is 0.280. The molecule has 0 bridgehead atoms. The molecule has 0 saturated heterocycles. The fraction of sp³-hybridized carbons (Fsp3) is 0.267. The molecule has 1 aliphatic rings. The average Bonchev–Trinajstić information content (AvgIpc) is 2.54. The second kappa shape index (κ2) is 6.23. The highest BCUT2D eigenvalue weighted by molar-refractivity contribution is 7.98. The molecule has 114 valence electrons. The summed E-state index contributed by atoms with van der Waals surface area (Å²) >= 11 is 1.40. The molecule has 0 aliphatic carbocycles. The summed E-state index contributed by atoms with van der Waals surface area (Å²) in [4.78, 5) is 20.8. The van der Waals surface area contributed by atoms with Gasteiger partial charge in [-0.25, -0.2) is 9.97 Å². The minimum Gasteiger partial charge on any atom is -0.486 e. The average molecular weight is 317 g/mol. The van der Waals surface area contributed by atoms with Crippen molar-refractivity contribution >= 4 is 23.4 Å². The molecule has 0 spiro atoms. The van der Waals surface area contributed by atoms with Crippen molar-refractivity contribution in [2.75, 3.05) is 24.8 Å². The highest BCUT2D eigenvalue weighted by Gasteiger charge is 2.15. The van der Waals surface area contributed by atoms with Crippen LogP contribution in [0, 0.1) is 6.92 Å². The van der Waals surface area contributed by atoms with Gasteiger partial charge in [-0.15, -0.1) is 0 Å². The van der Waals surface area contributed by atoms with E-state index in [0.717, 1.165) is 5.69 Å². The normalized spacial score (nSPS) is 12.8. The summed E-state index contributed by atoms with van der Waals surface area (Å²) in [6.45, 7) is 2.88.